The molecule has 1 aromatic carbocycles. The number of hydrogen-bond donors (Lipinski definition) is 2. The number of halogens is 2. The van der Waals surface area contributed by atoms with Gasteiger partial charge in [-0.3, -0.25) is 4.79 Å². The quantitative estimate of drug-likeness (QED) is 0.857. The van der Waals surface area contributed by atoms with Gasteiger partial charge >= 0.3 is 0 Å². The predicted molar refractivity (Wildman–Crippen MR) is 92.3 cm³/mol. The first-order chi connectivity index (χ1) is 11.1. The molecule has 2 aromatic rings. The number of hydrogen-bond acceptors (Lipinski definition) is 4. The Morgan fingerprint density at radius 3 is 2.61 bits per heavy atom. The number of benzene rings is 1. The first-order valence-corrected chi connectivity index (χ1v) is 8.22. The predicted octanol–water partition coefficient (Wildman–Crippen LogP) is 4.39. The van der Waals surface area contributed by atoms with Gasteiger partial charge in [-0.25, -0.2) is 9.97 Å². The summed E-state index contributed by atoms with van der Waals surface area (Å²) in [5, 5.41) is 6.92. The zero-order chi connectivity index (χ0) is 16.2. The van der Waals surface area contributed by atoms with Crippen LogP contribution in [0.2, 0.25) is 10.0 Å². The molecular weight excluding hydrogens is 335 g/mol. The Bertz CT molecular complexity index is 700. The highest BCUT2D eigenvalue weighted by Crippen LogP contribution is 2.26. The SMILES string of the molecule is O=C(Nc1cc(Cl)ccc1Cl)c1cnc(NC2CCCC2)cn1. The highest BCUT2D eigenvalue weighted by Gasteiger charge is 2.16. The highest BCUT2D eigenvalue weighted by atomic mass is 35.5. The van der Waals surface area contributed by atoms with Crippen LogP contribution in [0.1, 0.15) is 36.2 Å². The lowest BCUT2D eigenvalue weighted by molar-refractivity contribution is 0.102. The van der Waals surface area contributed by atoms with Crippen molar-refractivity contribution < 1.29 is 4.79 Å². The fourth-order valence-electron chi connectivity index (χ4n) is 2.58. The summed E-state index contributed by atoms with van der Waals surface area (Å²) >= 11 is 11.9. The van der Waals surface area contributed by atoms with Gasteiger partial charge in [-0.05, 0) is 31.0 Å². The third-order valence-corrected chi connectivity index (χ3v) is 4.33. The minimum atomic E-state index is -0.380. The maximum Gasteiger partial charge on any atom is 0.275 e. The number of carbonyl (C=O) groups excluding carboxylic acids is 1. The van der Waals surface area contributed by atoms with E-state index in [-0.39, 0.29) is 11.6 Å². The lowest BCUT2D eigenvalue weighted by Gasteiger charge is -2.12. The Morgan fingerprint density at radius 1 is 1.13 bits per heavy atom. The molecule has 0 radical (unpaired) electrons. The van der Waals surface area contributed by atoms with E-state index in [2.05, 4.69) is 20.6 Å². The second-order valence-corrected chi connectivity index (χ2v) is 6.33. The fraction of sp³-hybridized carbons (Fsp3) is 0.312. The molecule has 7 heteroatoms. The van der Waals surface area contributed by atoms with Crippen molar-refractivity contribution in [1.82, 2.24) is 9.97 Å². The minimum absolute atomic E-state index is 0.220. The van der Waals surface area contributed by atoms with Crippen molar-refractivity contribution in [3.8, 4) is 0 Å². The first kappa shape index (κ1) is 16.0. The summed E-state index contributed by atoms with van der Waals surface area (Å²) in [6, 6.07) is 5.32. The largest absolute Gasteiger partial charge is 0.366 e. The number of nitrogens with zero attached hydrogens (tertiary/aromatic N) is 2. The Morgan fingerprint density at radius 2 is 1.91 bits per heavy atom. The molecule has 1 saturated carbocycles. The van der Waals surface area contributed by atoms with Gasteiger partial charge < -0.3 is 10.6 Å². The van der Waals surface area contributed by atoms with Crippen LogP contribution in [0.15, 0.2) is 30.6 Å². The number of nitrogens with one attached hydrogen (secondary N) is 2. The second kappa shape index (κ2) is 7.15. The van der Waals surface area contributed by atoms with Crippen LogP contribution in [0.3, 0.4) is 0 Å². The van der Waals surface area contributed by atoms with Gasteiger partial charge in [0.25, 0.3) is 5.91 Å². The molecule has 5 nitrogen and oxygen atoms in total. The molecule has 1 aromatic heterocycles. The van der Waals surface area contributed by atoms with Crippen LogP contribution in [0.4, 0.5) is 11.5 Å². The highest BCUT2D eigenvalue weighted by molar-refractivity contribution is 6.35. The Balaban J connectivity index is 1.66. The molecule has 1 aliphatic carbocycles. The zero-order valence-electron chi connectivity index (χ0n) is 12.4. The lowest BCUT2D eigenvalue weighted by atomic mass is 10.2. The summed E-state index contributed by atoms with van der Waals surface area (Å²) in [5.74, 6) is 0.309. The summed E-state index contributed by atoms with van der Waals surface area (Å²) in [6.07, 6.45) is 7.81. The van der Waals surface area contributed by atoms with Crippen LogP contribution in [-0.2, 0) is 0 Å². The van der Waals surface area contributed by atoms with Crippen molar-refractivity contribution in [1.29, 1.82) is 0 Å². The van der Waals surface area contributed by atoms with E-state index in [0.29, 0.717) is 27.6 Å². The number of amides is 1. The van der Waals surface area contributed by atoms with Gasteiger partial charge in [0.2, 0.25) is 0 Å². The molecule has 2 N–H and O–H groups in total. The average Bonchev–Trinajstić information content (AvgIpc) is 3.04. The molecule has 0 atom stereocenters. The molecule has 1 aliphatic rings. The summed E-state index contributed by atoms with van der Waals surface area (Å²) in [7, 11) is 0. The van der Waals surface area contributed by atoms with Gasteiger partial charge in [-0.15, -0.1) is 0 Å². The Labute approximate surface area is 144 Å². The van der Waals surface area contributed by atoms with Crippen molar-refractivity contribution in [3.05, 3.63) is 46.3 Å². The maximum atomic E-state index is 12.2. The van der Waals surface area contributed by atoms with Crippen molar-refractivity contribution in [2.24, 2.45) is 0 Å². The van der Waals surface area contributed by atoms with E-state index < -0.39 is 0 Å². The van der Waals surface area contributed by atoms with Gasteiger partial charge in [0, 0.05) is 11.1 Å². The van der Waals surface area contributed by atoms with Gasteiger partial charge in [0.1, 0.15) is 11.5 Å². The molecule has 1 heterocycles. The van der Waals surface area contributed by atoms with E-state index in [1.54, 1.807) is 24.4 Å². The molecule has 0 spiro atoms. The molecule has 0 bridgehead atoms. The molecule has 1 amide bonds. The molecule has 120 valence electrons. The van der Waals surface area contributed by atoms with E-state index >= 15 is 0 Å². The smallest absolute Gasteiger partial charge is 0.275 e. The van der Waals surface area contributed by atoms with E-state index in [0.717, 1.165) is 12.8 Å². The van der Waals surface area contributed by atoms with Crippen LogP contribution in [-0.4, -0.2) is 21.9 Å². The molecule has 3 rings (SSSR count). The van der Waals surface area contributed by atoms with Crippen molar-refractivity contribution in [2.45, 2.75) is 31.7 Å². The summed E-state index contributed by atoms with van der Waals surface area (Å²) in [4.78, 5) is 20.6. The van der Waals surface area contributed by atoms with E-state index in [4.69, 9.17) is 23.2 Å². The third-order valence-electron chi connectivity index (χ3n) is 3.77. The minimum Gasteiger partial charge on any atom is -0.366 e. The second-order valence-electron chi connectivity index (χ2n) is 5.49. The van der Waals surface area contributed by atoms with E-state index in [9.17, 15) is 4.79 Å². The maximum absolute atomic E-state index is 12.2. The van der Waals surface area contributed by atoms with Crippen LogP contribution in [0, 0.1) is 0 Å². The van der Waals surface area contributed by atoms with Gasteiger partial charge in [-0.2, -0.15) is 0 Å². The monoisotopic (exact) mass is 350 g/mol. The van der Waals surface area contributed by atoms with Gasteiger partial charge in [0.05, 0.1) is 23.1 Å². The standard InChI is InChI=1S/C16H16Cl2N4O/c17-10-5-6-12(18)13(7-10)22-16(23)14-8-20-15(9-19-14)21-11-3-1-2-4-11/h5-9,11H,1-4H2,(H,20,21)(H,22,23). The topological polar surface area (TPSA) is 66.9 Å². The summed E-state index contributed by atoms with van der Waals surface area (Å²) in [6.45, 7) is 0. The normalized spacial score (nSPS) is 14.7. The Kier molecular flexibility index (Phi) is 4.98. The van der Waals surface area contributed by atoms with E-state index in [1.165, 1.54) is 19.0 Å². The van der Waals surface area contributed by atoms with Gasteiger partial charge in [0.15, 0.2) is 0 Å². The van der Waals surface area contributed by atoms with E-state index in [1.807, 2.05) is 0 Å². The van der Waals surface area contributed by atoms with Crippen LogP contribution in [0.5, 0.6) is 0 Å². The third kappa shape index (κ3) is 4.12. The summed E-state index contributed by atoms with van der Waals surface area (Å²) in [5.41, 5.74) is 0.664. The van der Waals surface area contributed by atoms with Crippen LogP contribution >= 0.6 is 23.2 Å². The van der Waals surface area contributed by atoms with Crippen LogP contribution in [0.25, 0.3) is 0 Å². The van der Waals surface area contributed by atoms with Crippen molar-refractivity contribution >= 4 is 40.6 Å². The van der Waals surface area contributed by atoms with Crippen LogP contribution < -0.4 is 10.6 Å². The number of anilines is 2. The lowest BCUT2D eigenvalue weighted by Crippen LogP contribution is -2.17. The Hall–Kier alpha value is -1.85. The zero-order valence-corrected chi connectivity index (χ0v) is 13.9. The molecule has 1 fully saturated rings. The molecule has 23 heavy (non-hydrogen) atoms. The number of rotatable bonds is 4. The van der Waals surface area contributed by atoms with Gasteiger partial charge in [-0.1, -0.05) is 36.0 Å². The number of aromatic nitrogens is 2. The average molecular weight is 351 g/mol. The van der Waals surface area contributed by atoms with Crippen molar-refractivity contribution in [3.63, 3.8) is 0 Å². The molecule has 0 unspecified atom stereocenters. The first-order valence-electron chi connectivity index (χ1n) is 7.47. The number of carbonyl (C=O) groups is 1. The molecule has 0 aliphatic heterocycles. The molecule has 0 saturated heterocycles. The molecular formula is C16H16Cl2N4O. The van der Waals surface area contributed by atoms with Crippen molar-refractivity contribution in [2.75, 3.05) is 10.6 Å². The fourth-order valence-corrected chi connectivity index (χ4v) is 2.92. The summed E-state index contributed by atoms with van der Waals surface area (Å²) < 4.78 is 0.